The van der Waals surface area contributed by atoms with Crippen molar-refractivity contribution in [2.45, 2.75) is 25.5 Å². The van der Waals surface area contributed by atoms with Gasteiger partial charge in [-0.2, -0.15) is 0 Å². The molecule has 0 aliphatic heterocycles. The summed E-state index contributed by atoms with van der Waals surface area (Å²) in [5.74, 6) is -0.184. The Morgan fingerprint density at radius 1 is 1.27 bits per heavy atom. The molecule has 0 radical (unpaired) electrons. The maximum absolute atomic E-state index is 11.8. The molecule has 0 saturated heterocycles. The van der Waals surface area contributed by atoms with Crippen molar-refractivity contribution in [3.63, 3.8) is 0 Å². The molecular weight excluding hydrogens is 276 g/mol. The number of hydrogen-bond acceptors (Lipinski definition) is 3. The van der Waals surface area contributed by atoms with Gasteiger partial charge in [0.1, 0.15) is 0 Å². The monoisotopic (exact) mass is 296 g/mol. The Labute approximate surface area is 130 Å². The molecule has 0 bridgehead atoms. The standard InChI is InChI=1S/C18H20N2O2/c1-14(12-17(21)16-7-3-2-4-8-16)20-18(22)10-9-15-6-5-11-19-13-15/h2-11,13-14,17,21H,12H2,1H3,(H,20,22)/b10-9+. The lowest BCUT2D eigenvalue weighted by molar-refractivity contribution is -0.117. The van der Waals surface area contributed by atoms with Crippen LogP contribution in [0.1, 0.15) is 30.6 Å². The van der Waals surface area contributed by atoms with E-state index in [2.05, 4.69) is 10.3 Å². The third kappa shape index (κ3) is 5.14. The van der Waals surface area contributed by atoms with Crippen molar-refractivity contribution in [1.82, 2.24) is 10.3 Å². The molecule has 2 atom stereocenters. The van der Waals surface area contributed by atoms with Crippen LogP contribution in [0.15, 0.2) is 60.9 Å². The molecular formula is C18H20N2O2. The van der Waals surface area contributed by atoms with Gasteiger partial charge in [0.25, 0.3) is 0 Å². The van der Waals surface area contributed by atoms with E-state index in [1.165, 1.54) is 6.08 Å². The number of amides is 1. The van der Waals surface area contributed by atoms with Crippen LogP contribution in [0.2, 0.25) is 0 Å². The first-order chi connectivity index (χ1) is 10.6. The van der Waals surface area contributed by atoms with E-state index in [1.807, 2.05) is 49.4 Å². The number of benzene rings is 1. The summed E-state index contributed by atoms with van der Waals surface area (Å²) in [6, 6.07) is 13.0. The van der Waals surface area contributed by atoms with Crippen LogP contribution in [-0.2, 0) is 4.79 Å². The smallest absolute Gasteiger partial charge is 0.244 e. The second-order valence-electron chi connectivity index (χ2n) is 5.19. The summed E-state index contributed by atoms with van der Waals surface area (Å²) in [5, 5.41) is 13.0. The van der Waals surface area contributed by atoms with Crippen LogP contribution in [0.25, 0.3) is 6.08 Å². The van der Waals surface area contributed by atoms with Crippen molar-refractivity contribution in [3.8, 4) is 0 Å². The van der Waals surface area contributed by atoms with Gasteiger partial charge in [0.05, 0.1) is 6.10 Å². The van der Waals surface area contributed by atoms with Crippen molar-refractivity contribution in [2.75, 3.05) is 0 Å². The third-order valence-corrected chi connectivity index (χ3v) is 3.26. The molecule has 0 aliphatic rings. The van der Waals surface area contributed by atoms with E-state index in [-0.39, 0.29) is 11.9 Å². The molecule has 0 saturated carbocycles. The van der Waals surface area contributed by atoms with Gasteiger partial charge in [0.15, 0.2) is 0 Å². The lowest BCUT2D eigenvalue weighted by Crippen LogP contribution is -2.32. The highest BCUT2D eigenvalue weighted by atomic mass is 16.3. The number of aliphatic hydroxyl groups excluding tert-OH is 1. The zero-order valence-corrected chi connectivity index (χ0v) is 12.5. The number of carbonyl (C=O) groups is 1. The third-order valence-electron chi connectivity index (χ3n) is 3.26. The van der Waals surface area contributed by atoms with Crippen LogP contribution < -0.4 is 5.32 Å². The number of pyridine rings is 1. The summed E-state index contributed by atoms with van der Waals surface area (Å²) in [4.78, 5) is 15.8. The molecule has 1 aromatic heterocycles. The summed E-state index contributed by atoms with van der Waals surface area (Å²) in [6.45, 7) is 1.88. The number of aromatic nitrogens is 1. The Kier molecular flexibility index (Phi) is 5.86. The molecule has 4 heteroatoms. The van der Waals surface area contributed by atoms with Gasteiger partial charge in [-0.1, -0.05) is 36.4 Å². The van der Waals surface area contributed by atoms with Gasteiger partial charge in [-0.3, -0.25) is 9.78 Å². The molecule has 22 heavy (non-hydrogen) atoms. The highest BCUT2D eigenvalue weighted by Gasteiger charge is 2.13. The van der Waals surface area contributed by atoms with E-state index in [9.17, 15) is 9.90 Å². The quantitative estimate of drug-likeness (QED) is 0.806. The Bertz CT molecular complexity index is 611. The average molecular weight is 296 g/mol. The van der Waals surface area contributed by atoms with Crippen LogP contribution >= 0.6 is 0 Å². The summed E-state index contributed by atoms with van der Waals surface area (Å²) < 4.78 is 0. The molecule has 0 fully saturated rings. The predicted molar refractivity (Wildman–Crippen MR) is 86.9 cm³/mol. The van der Waals surface area contributed by atoms with Crippen molar-refractivity contribution in [3.05, 3.63) is 72.1 Å². The van der Waals surface area contributed by atoms with Crippen molar-refractivity contribution in [1.29, 1.82) is 0 Å². The predicted octanol–water partition coefficient (Wildman–Crippen LogP) is 2.72. The lowest BCUT2D eigenvalue weighted by atomic mass is 10.0. The molecule has 2 rings (SSSR count). The Morgan fingerprint density at radius 3 is 2.73 bits per heavy atom. The van der Waals surface area contributed by atoms with Gasteiger partial charge in [-0.25, -0.2) is 0 Å². The number of aliphatic hydroxyl groups is 1. The maximum Gasteiger partial charge on any atom is 0.244 e. The lowest BCUT2D eigenvalue weighted by Gasteiger charge is -2.17. The van der Waals surface area contributed by atoms with Crippen LogP contribution in [0.5, 0.6) is 0 Å². The highest BCUT2D eigenvalue weighted by Crippen LogP contribution is 2.17. The minimum atomic E-state index is -0.584. The second-order valence-corrected chi connectivity index (χ2v) is 5.19. The molecule has 2 unspecified atom stereocenters. The zero-order valence-electron chi connectivity index (χ0n) is 12.5. The fourth-order valence-corrected chi connectivity index (χ4v) is 2.14. The van der Waals surface area contributed by atoms with Crippen LogP contribution in [0.4, 0.5) is 0 Å². The Balaban J connectivity index is 1.82. The normalized spacial score (nSPS) is 13.7. The molecule has 4 nitrogen and oxygen atoms in total. The molecule has 2 N–H and O–H groups in total. The molecule has 1 amide bonds. The van der Waals surface area contributed by atoms with Crippen molar-refractivity contribution in [2.24, 2.45) is 0 Å². The zero-order chi connectivity index (χ0) is 15.8. The van der Waals surface area contributed by atoms with E-state index < -0.39 is 6.10 Å². The number of carbonyl (C=O) groups excluding carboxylic acids is 1. The molecule has 0 spiro atoms. The van der Waals surface area contributed by atoms with Crippen LogP contribution in [0, 0.1) is 0 Å². The largest absolute Gasteiger partial charge is 0.388 e. The summed E-state index contributed by atoms with van der Waals surface area (Å²) >= 11 is 0. The molecule has 1 heterocycles. The minimum absolute atomic E-state index is 0.124. The Morgan fingerprint density at radius 2 is 2.05 bits per heavy atom. The van der Waals surface area contributed by atoms with Gasteiger partial charge in [0.2, 0.25) is 5.91 Å². The first kappa shape index (κ1) is 15.9. The first-order valence-electron chi connectivity index (χ1n) is 7.27. The van der Waals surface area contributed by atoms with Gasteiger partial charge >= 0.3 is 0 Å². The summed E-state index contributed by atoms with van der Waals surface area (Å²) in [5.41, 5.74) is 1.73. The van der Waals surface area contributed by atoms with Crippen molar-refractivity contribution >= 4 is 12.0 Å². The van der Waals surface area contributed by atoms with E-state index in [0.29, 0.717) is 6.42 Å². The number of nitrogens with zero attached hydrogens (tertiary/aromatic N) is 1. The van der Waals surface area contributed by atoms with Gasteiger partial charge in [-0.05, 0) is 36.6 Å². The highest BCUT2D eigenvalue weighted by molar-refractivity contribution is 5.91. The second kappa shape index (κ2) is 8.10. The summed E-state index contributed by atoms with van der Waals surface area (Å²) in [7, 11) is 0. The van der Waals surface area contributed by atoms with Gasteiger partial charge < -0.3 is 10.4 Å². The topological polar surface area (TPSA) is 62.2 Å². The number of nitrogens with one attached hydrogen (secondary N) is 1. The van der Waals surface area contributed by atoms with Crippen LogP contribution in [0.3, 0.4) is 0 Å². The molecule has 114 valence electrons. The average Bonchev–Trinajstić information content (AvgIpc) is 2.54. The Hall–Kier alpha value is -2.46. The van der Waals surface area contributed by atoms with Gasteiger partial charge in [-0.15, -0.1) is 0 Å². The number of hydrogen-bond donors (Lipinski definition) is 2. The summed E-state index contributed by atoms with van der Waals surface area (Å²) in [6.07, 6.45) is 6.44. The fourth-order valence-electron chi connectivity index (χ4n) is 2.14. The van der Waals surface area contributed by atoms with Gasteiger partial charge in [0, 0.05) is 24.5 Å². The first-order valence-corrected chi connectivity index (χ1v) is 7.27. The SMILES string of the molecule is CC(CC(O)c1ccccc1)NC(=O)/C=C/c1cccnc1. The van der Waals surface area contributed by atoms with E-state index >= 15 is 0 Å². The molecule has 1 aromatic carbocycles. The van der Waals surface area contributed by atoms with E-state index in [4.69, 9.17) is 0 Å². The molecule has 2 aromatic rings. The fraction of sp³-hybridized carbons (Fsp3) is 0.222. The van der Waals surface area contributed by atoms with Crippen molar-refractivity contribution < 1.29 is 9.90 Å². The van der Waals surface area contributed by atoms with E-state index in [1.54, 1.807) is 18.5 Å². The van der Waals surface area contributed by atoms with E-state index in [0.717, 1.165) is 11.1 Å². The molecule has 0 aliphatic carbocycles. The van der Waals surface area contributed by atoms with Crippen LogP contribution in [-0.4, -0.2) is 22.0 Å². The maximum atomic E-state index is 11.8. The number of rotatable bonds is 6. The minimum Gasteiger partial charge on any atom is -0.388 e.